The maximum Gasteiger partial charge on any atom is 1.00 e. The van der Waals surface area contributed by atoms with Crippen LogP contribution in [0.25, 0.3) is 0 Å². The monoisotopic (exact) mass is 480 g/mol. The summed E-state index contributed by atoms with van der Waals surface area (Å²) in [5.74, 6) is -4.87. The van der Waals surface area contributed by atoms with Crippen LogP contribution >= 0.6 is 0 Å². The fourth-order valence-electron chi connectivity index (χ4n) is 1.93. The Kier molecular flexibility index (Phi) is 20.6. The smallest absolute Gasteiger partial charge is 0.872 e. The Labute approximate surface area is 255 Å². The van der Waals surface area contributed by atoms with E-state index in [9.17, 15) is 29.7 Å². The van der Waals surface area contributed by atoms with Crippen molar-refractivity contribution in [3.63, 3.8) is 0 Å². The molecule has 3 rings (SSSR count). The van der Waals surface area contributed by atoms with Crippen LogP contribution in [0.5, 0.6) is 17.2 Å². The zero-order valence-electron chi connectivity index (χ0n) is 18.2. The summed E-state index contributed by atoms with van der Waals surface area (Å²) in [6, 6.07) is 16.6. The molecule has 0 spiro atoms. The maximum atomic E-state index is 10.7. The van der Waals surface area contributed by atoms with Gasteiger partial charge in [0.15, 0.2) is 0 Å². The molecule has 0 saturated heterocycles. The number of carboxylic acid groups (broad SMARTS) is 3. The summed E-state index contributed by atoms with van der Waals surface area (Å²) in [5, 5.41) is 57.1. The van der Waals surface area contributed by atoms with Crippen LogP contribution < -0.4 is 104 Å². The fraction of sp³-hybridized carbons (Fsp3) is 0. The third kappa shape index (κ3) is 13.1. The molecule has 3 N–H and O–H groups in total. The number of benzene rings is 3. The molecule has 156 valence electrons. The first-order valence-electron chi connectivity index (χ1n) is 8.13. The third-order valence-electron chi connectivity index (χ3n) is 3.35. The summed E-state index contributed by atoms with van der Waals surface area (Å²) >= 11 is 0. The third-order valence-corrected chi connectivity index (χ3v) is 3.35. The maximum absolute atomic E-state index is 10.7. The first-order chi connectivity index (χ1) is 14.1. The first-order valence-corrected chi connectivity index (χ1v) is 8.13. The largest absolute Gasteiger partial charge is 1.00 e. The molecule has 0 amide bonds. The normalized spacial score (nSPS) is 8.36. The van der Waals surface area contributed by atoms with Gasteiger partial charge in [-0.25, -0.2) is 14.4 Å². The van der Waals surface area contributed by atoms with Gasteiger partial charge in [-0.3, -0.25) is 0 Å². The van der Waals surface area contributed by atoms with Crippen LogP contribution in [-0.4, -0.2) is 33.2 Å². The number of hydrogen-bond donors (Lipinski definition) is 3. The molecule has 0 aliphatic heterocycles. The van der Waals surface area contributed by atoms with Crippen molar-refractivity contribution in [2.24, 2.45) is 0 Å². The number of hydrogen-bond acceptors (Lipinski definition) is 6. The van der Waals surface area contributed by atoms with Crippen LogP contribution in [0.1, 0.15) is 31.1 Å². The number of para-hydroxylation sites is 3. The van der Waals surface area contributed by atoms with Gasteiger partial charge in [0.25, 0.3) is 0 Å². The molecule has 0 saturated carbocycles. The standard InChI is InChI=1S/3C7H6O3.3Na/c3*8-6-4-2-1-3-5(6)7(9)10;;;/h3*1-4,8H,(H,9,10);;;/q;;;3*+1/p-3. The van der Waals surface area contributed by atoms with Gasteiger partial charge in [-0.05, 0) is 18.2 Å². The molecule has 0 radical (unpaired) electrons. The Morgan fingerprint density at radius 3 is 0.758 bits per heavy atom. The number of rotatable bonds is 3. The molecule has 0 atom stereocenters. The quantitative estimate of drug-likeness (QED) is 0.307. The van der Waals surface area contributed by atoms with Crippen molar-refractivity contribution in [3.8, 4) is 17.2 Å². The van der Waals surface area contributed by atoms with Gasteiger partial charge in [0, 0.05) is 0 Å². The van der Waals surface area contributed by atoms with Gasteiger partial charge in [0.1, 0.15) is 0 Å². The predicted octanol–water partition coefficient (Wildman–Crippen LogP) is -7.61. The second kappa shape index (κ2) is 18.8. The van der Waals surface area contributed by atoms with Gasteiger partial charge < -0.3 is 30.6 Å². The van der Waals surface area contributed by atoms with E-state index in [4.69, 9.17) is 15.3 Å². The molecule has 0 heterocycles. The number of aromatic carboxylic acids is 3. The molecular formula is C21H15Na3O9. The Morgan fingerprint density at radius 2 is 0.636 bits per heavy atom. The predicted molar refractivity (Wildman–Crippen MR) is 98.5 cm³/mol. The van der Waals surface area contributed by atoms with E-state index in [-0.39, 0.29) is 105 Å². The van der Waals surface area contributed by atoms with Gasteiger partial charge in [0.2, 0.25) is 0 Å². The van der Waals surface area contributed by atoms with Crippen LogP contribution in [0.3, 0.4) is 0 Å². The first kappa shape index (κ1) is 36.0. The van der Waals surface area contributed by atoms with E-state index in [2.05, 4.69) is 0 Å². The van der Waals surface area contributed by atoms with Crippen molar-refractivity contribution < 1.29 is 134 Å². The van der Waals surface area contributed by atoms with Crippen molar-refractivity contribution in [1.29, 1.82) is 0 Å². The molecular weight excluding hydrogens is 465 g/mol. The van der Waals surface area contributed by atoms with Gasteiger partial charge in [-0.1, -0.05) is 71.8 Å². The molecule has 3 aromatic rings. The Balaban J connectivity index is -0.000000391. The van der Waals surface area contributed by atoms with E-state index in [1.807, 2.05) is 0 Å². The van der Waals surface area contributed by atoms with E-state index >= 15 is 0 Å². The molecule has 0 bridgehead atoms. The molecule has 12 heteroatoms. The van der Waals surface area contributed by atoms with Crippen LogP contribution in [0.2, 0.25) is 0 Å². The molecule has 0 aliphatic carbocycles. The summed E-state index contributed by atoms with van der Waals surface area (Å²) in [5.41, 5.74) is -0.535. The van der Waals surface area contributed by atoms with Gasteiger partial charge in [-0.15, -0.1) is 0 Å². The SMILES string of the molecule is O=C(O)c1ccccc1[O-].O=C(O)c1ccccc1[O-].O=C(O)c1ccccc1[O-].[Na+].[Na+].[Na+]. The Bertz CT molecular complexity index is 911. The van der Waals surface area contributed by atoms with Crippen molar-refractivity contribution in [3.05, 3.63) is 89.5 Å². The second-order valence-corrected chi connectivity index (χ2v) is 5.40. The van der Waals surface area contributed by atoms with E-state index in [0.29, 0.717) is 0 Å². The summed E-state index contributed by atoms with van der Waals surface area (Å²) in [6.45, 7) is 0. The van der Waals surface area contributed by atoms with E-state index in [1.54, 1.807) is 0 Å². The minimum atomic E-state index is -1.18. The fourth-order valence-corrected chi connectivity index (χ4v) is 1.93. The van der Waals surface area contributed by atoms with Crippen LogP contribution in [0, 0.1) is 0 Å². The van der Waals surface area contributed by atoms with Gasteiger partial charge in [0.05, 0.1) is 16.7 Å². The van der Waals surface area contributed by atoms with Crippen molar-refractivity contribution in [2.75, 3.05) is 0 Å². The van der Waals surface area contributed by atoms with Gasteiger partial charge >= 0.3 is 107 Å². The summed E-state index contributed by atoms with van der Waals surface area (Å²) in [7, 11) is 0. The van der Waals surface area contributed by atoms with Crippen molar-refractivity contribution in [1.82, 2.24) is 0 Å². The average Bonchev–Trinajstić information content (AvgIpc) is 2.69. The molecule has 3 aromatic carbocycles. The summed E-state index contributed by atoms with van der Waals surface area (Å²) in [6.07, 6.45) is 0. The van der Waals surface area contributed by atoms with Gasteiger partial charge in [-0.2, -0.15) is 0 Å². The average molecular weight is 480 g/mol. The second-order valence-electron chi connectivity index (χ2n) is 5.40. The van der Waals surface area contributed by atoms with Crippen molar-refractivity contribution in [2.45, 2.75) is 0 Å². The molecule has 33 heavy (non-hydrogen) atoms. The topological polar surface area (TPSA) is 181 Å². The minimum Gasteiger partial charge on any atom is -0.872 e. The van der Waals surface area contributed by atoms with E-state index < -0.39 is 35.2 Å². The molecule has 0 fully saturated rings. The molecule has 0 aliphatic rings. The van der Waals surface area contributed by atoms with Crippen molar-refractivity contribution >= 4 is 17.9 Å². The minimum absolute atomic E-state index is 0. The summed E-state index contributed by atoms with van der Waals surface area (Å²) in [4.78, 5) is 30.7. The Hall–Kier alpha value is -1.53. The Morgan fingerprint density at radius 1 is 0.455 bits per heavy atom. The van der Waals surface area contributed by atoms with Crippen LogP contribution in [0.15, 0.2) is 72.8 Å². The van der Waals surface area contributed by atoms with Crippen LogP contribution in [-0.2, 0) is 0 Å². The molecule has 0 aromatic heterocycles. The number of carbonyl (C=O) groups is 3. The number of carboxylic acids is 3. The van der Waals surface area contributed by atoms with Crippen LogP contribution in [0.4, 0.5) is 0 Å². The zero-order chi connectivity index (χ0) is 22.7. The molecule has 0 unspecified atom stereocenters. The van der Waals surface area contributed by atoms with E-state index in [1.165, 1.54) is 72.8 Å². The van der Waals surface area contributed by atoms with E-state index in [0.717, 1.165) is 0 Å². The summed E-state index contributed by atoms with van der Waals surface area (Å²) < 4.78 is 0. The molecule has 9 nitrogen and oxygen atoms in total. The zero-order valence-corrected chi connectivity index (χ0v) is 24.2.